The van der Waals surface area contributed by atoms with Gasteiger partial charge < -0.3 is 25.4 Å². The van der Waals surface area contributed by atoms with Crippen LogP contribution in [0.25, 0.3) is 0 Å². The molecular formula is C23H30FN3O3. The molecule has 1 saturated heterocycles. The van der Waals surface area contributed by atoms with E-state index in [9.17, 15) is 14.3 Å². The Morgan fingerprint density at radius 1 is 1.10 bits per heavy atom. The molecule has 0 saturated carbocycles. The Balaban J connectivity index is 1.28. The molecule has 6 nitrogen and oxygen atoms in total. The average Bonchev–Trinajstić information content (AvgIpc) is 2.76. The fourth-order valence-electron chi connectivity index (χ4n) is 3.58. The van der Waals surface area contributed by atoms with E-state index in [0.717, 1.165) is 45.3 Å². The highest BCUT2D eigenvalue weighted by Gasteiger charge is 2.20. The van der Waals surface area contributed by atoms with Crippen molar-refractivity contribution in [1.82, 2.24) is 10.2 Å². The summed E-state index contributed by atoms with van der Waals surface area (Å²) in [4.78, 5) is 14.7. The third-order valence-corrected chi connectivity index (χ3v) is 5.31. The molecule has 1 heterocycles. The van der Waals surface area contributed by atoms with E-state index in [2.05, 4.69) is 15.5 Å². The first-order valence-corrected chi connectivity index (χ1v) is 10.5. The topological polar surface area (TPSA) is 73.8 Å². The second-order valence-corrected chi connectivity index (χ2v) is 7.54. The predicted molar refractivity (Wildman–Crippen MR) is 115 cm³/mol. The van der Waals surface area contributed by atoms with E-state index in [0.29, 0.717) is 23.6 Å². The molecule has 3 rings (SSSR count). The summed E-state index contributed by atoms with van der Waals surface area (Å²) in [5.74, 6) is 0.441. The Bertz CT molecular complexity index is 793. The van der Waals surface area contributed by atoms with Gasteiger partial charge in [0.05, 0.1) is 13.2 Å². The fourth-order valence-corrected chi connectivity index (χ4v) is 3.58. The van der Waals surface area contributed by atoms with E-state index in [1.807, 2.05) is 12.1 Å². The van der Waals surface area contributed by atoms with Gasteiger partial charge in [0.15, 0.2) is 0 Å². The number of likely N-dealkylation sites (tertiary alicyclic amines) is 1. The standard InChI is InChI=1S/C23H30FN3O3/c24-19-7-9-21(10-8-19)30-16-4-3-13-27-14-11-20(12-15-27)25-23(29)26-22-6-2-1-5-18(22)17-28/h1-2,5-10,20,28H,3-4,11-17H2,(H2,25,26,29). The Labute approximate surface area is 177 Å². The van der Waals surface area contributed by atoms with Crippen LogP contribution >= 0.6 is 0 Å². The molecule has 7 heteroatoms. The zero-order valence-corrected chi connectivity index (χ0v) is 17.1. The van der Waals surface area contributed by atoms with Gasteiger partial charge >= 0.3 is 6.03 Å². The number of amides is 2. The van der Waals surface area contributed by atoms with E-state index < -0.39 is 0 Å². The van der Waals surface area contributed by atoms with Crippen LogP contribution in [0.5, 0.6) is 5.75 Å². The molecule has 0 bridgehead atoms. The Kier molecular flexibility index (Phi) is 8.47. The van der Waals surface area contributed by atoms with Crippen molar-refractivity contribution >= 4 is 11.7 Å². The Morgan fingerprint density at radius 3 is 2.57 bits per heavy atom. The lowest BCUT2D eigenvalue weighted by atomic mass is 10.0. The maximum absolute atomic E-state index is 12.9. The van der Waals surface area contributed by atoms with Crippen LogP contribution in [0.2, 0.25) is 0 Å². The molecule has 2 aromatic carbocycles. The lowest BCUT2D eigenvalue weighted by molar-refractivity contribution is 0.189. The van der Waals surface area contributed by atoms with Crippen LogP contribution in [0.1, 0.15) is 31.2 Å². The highest BCUT2D eigenvalue weighted by atomic mass is 19.1. The van der Waals surface area contributed by atoms with Crippen molar-refractivity contribution < 1.29 is 19.0 Å². The molecule has 162 valence electrons. The van der Waals surface area contributed by atoms with Gasteiger partial charge in [0.2, 0.25) is 0 Å². The number of rotatable bonds is 9. The summed E-state index contributed by atoms with van der Waals surface area (Å²) >= 11 is 0. The van der Waals surface area contributed by atoms with Crippen LogP contribution in [0, 0.1) is 5.82 Å². The quantitative estimate of drug-likeness (QED) is 0.545. The Hall–Kier alpha value is -2.64. The number of anilines is 1. The van der Waals surface area contributed by atoms with Gasteiger partial charge in [-0.1, -0.05) is 18.2 Å². The monoisotopic (exact) mass is 415 g/mol. The van der Waals surface area contributed by atoms with Crippen molar-refractivity contribution in [1.29, 1.82) is 0 Å². The molecule has 3 N–H and O–H groups in total. The van der Waals surface area contributed by atoms with Crippen molar-refractivity contribution in [3.05, 3.63) is 59.9 Å². The molecule has 0 aliphatic carbocycles. The summed E-state index contributed by atoms with van der Waals surface area (Å²) in [7, 11) is 0. The number of piperidine rings is 1. The minimum atomic E-state index is -0.257. The third-order valence-electron chi connectivity index (χ3n) is 5.31. The zero-order valence-electron chi connectivity index (χ0n) is 17.1. The molecular weight excluding hydrogens is 385 g/mol. The number of hydrogen-bond donors (Lipinski definition) is 3. The number of unbranched alkanes of at least 4 members (excludes halogenated alkanes) is 1. The first-order chi connectivity index (χ1) is 14.6. The number of para-hydroxylation sites is 1. The second-order valence-electron chi connectivity index (χ2n) is 7.54. The number of nitrogens with one attached hydrogen (secondary N) is 2. The van der Waals surface area contributed by atoms with E-state index in [4.69, 9.17) is 4.74 Å². The summed E-state index contributed by atoms with van der Waals surface area (Å²) in [6, 6.07) is 13.3. The van der Waals surface area contributed by atoms with Crippen molar-refractivity contribution in [2.75, 3.05) is 31.6 Å². The summed E-state index contributed by atoms with van der Waals surface area (Å²) in [5.41, 5.74) is 1.34. The van der Waals surface area contributed by atoms with Crippen molar-refractivity contribution in [3.63, 3.8) is 0 Å². The first kappa shape index (κ1) is 22.1. The molecule has 30 heavy (non-hydrogen) atoms. The minimum absolute atomic E-state index is 0.107. The highest BCUT2D eigenvalue weighted by Crippen LogP contribution is 2.16. The van der Waals surface area contributed by atoms with Crippen LogP contribution in [0.3, 0.4) is 0 Å². The number of hydrogen-bond acceptors (Lipinski definition) is 4. The third kappa shape index (κ3) is 7.00. The van der Waals surface area contributed by atoms with Crippen molar-refractivity contribution in [2.24, 2.45) is 0 Å². The Morgan fingerprint density at radius 2 is 1.83 bits per heavy atom. The van der Waals surface area contributed by atoms with E-state index >= 15 is 0 Å². The molecule has 0 unspecified atom stereocenters. The largest absolute Gasteiger partial charge is 0.494 e. The maximum atomic E-state index is 12.9. The first-order valence-electron chi connectivity index (χ1n) is 10.5. The van der Waals surface area contributed by atoms with Gasteiger partial charge in [0, 0.05) is 30.4 Å². The summed E-state index contributed by atoms with van der Waals surface area (Å²) in [6.45, 7) is 3.44. The van der Waals surface area contributed by atoms with Gasteiger partial charge in [-0.2, -0.15) is 0 Å². The highest BCUT2D eigenvalue weighted by molar-refractivity contribution is 5.90. The molecule has 1 aliphatic rings. The van der Waals surface area contributed by atoms with Crippen molar-refractivity contribution in [3.8, 4) is 5.75 Å². The SMILES string of the molecule is O=C(Nc1ccccc1CO)NC1CCN(CCCCOc2ccc(F)cc2)CC1. The number of benzene rings is 2. The van der Waals surface area contributed by atoms with Gasteiger partial charge in [-0.05, 0) is 62.6 Å². The van der Waals surface area contributed by atoms with Gasteiger partial charge in [-0.3, -0.25) is 0 Å². The maximum Gasteiger partial charge on any atom is 0.319 e. The van der Waals surface area contributed by atoms with Gasteiger partial charge in [0.1, 0.15) is 11.6 Å². The normalized spacial score (nSPS) is 15.0. The number of halogens is 1. The zero-order chi connectivity index (χ0) is 21.2. The second kappa shape index (κ2) is 11.5. The molecule has 2 amide bonds. The van der Waals surface area contributed by atoms with Crippen LogP contribution in [0.15, 0.2) is 48.5 Å². The lowest BCUT2D eigenvalue weighted by Gasteiger charge is -2.32. The molecule has 0 aromatic heterocycles. The summed E-state index contributed by atoms with van der Waals surface area (Å²) in [5, 5.41) is 15.2. The van der Waals surface area contributed by atoms with Gasteiger partial charge in [0.25, 0.3) is 0 Å². The van der Waals surface area contributed by atoms with Gasteiger partial charge in [-0.15, -0.1) is 0 Å². The van der Waals surface area contributed by atoms with E-state index in [-0.39, 0.29) is 24.5 Å². The number of carbonyl (C=O) groups excluding carboxylic acids is 1. The molecule has 0 atom stereocenters. The predicted octanol–water partition coefficient (Wildman–Crippen LogP) is 3.76. The summed E-state index contributed by atoms with van der Waals surface area (Å²) < 4.78 is 18.5. The number of aliphatic hydroxyl groups excluding tert-OH is 1. The molecule has 0 radical (unpaired) electrons. The van der Waals surface area contributed by atoms with Crippen LogP contribution in [-0.2, 0) is 6.61 Å². The van der Waals surface area contributed by atoms with Crippen LogP contribution in [-0.4, -0.2) is 48.3 Å². The van der Waals surface area contributed by atoms with Gasteiger partial charge in [-0.25, -0.2) is 9.18 Å². The molecule has 1 aliphatic heterocycles. The van der Waals surface area contributed by atoms with Crippen molar-refractivity contribution in [2.45, 2.75) is 38.3 Å². The molecule has 0 spiro atoms. The van der Waals surface area contributed by atoms with Crippen LogP contribution < -0.4 is 15.4 Å². The smallest absolute Gasteiger partial charge is 0.319 e. The molecule has 1 fully saturated rings. The average molecular weight is 416 g/mol. The van der Waals surface area contributed by atoms with E-state index in [1.165, 1.54) is 12.1 Å². The fraction of sp³-hybridized carbons (Fsp3) is 0.435. The number of urea groups is 1. The summed E-state index contributed by atoms with van der Waals surface area (Å²) in [6.07, 6.45) is 3.82. The number of aliphatic hydroxyl groups is 1. The lowest BCUT2D eigenvalue weighted by Crippen LogP contribution is -2.46. The number of nitrogens with zero attached hydrogens (tertiary/aromatic N) is 1. The number of carbonyl (C=O) groups is 1. The van der Waals surface area contributed by atoms with Crippen LogP contribution in [0.4, 0.5) is 14.9 Å². The number of ether oxygens (including phenoxy) is 1. The molecule has 2 aromatic rings. The van der Waals surface area contributed by atoms with E-state index in [1.54, 1.807) is 24.3 Å². The minimum Gasteiger partial charge on any atom is -0.494 e.